The van der Waals surface area contributed by atoms with Gasteiger partial charge in [0.2, 0.25) is 0 Å². The molecular weight excluding hydrogens is 346 g/mol. The van der Waals surface area contributed by atoms with Gasteiger partial charge in [0.15, 0.2) is 6.10 Å². The number of para-hydroxylation sites is 2. The minimum atomic E-state index is -0.961. The van der Waals surface area contributed by atoms with Gasteiger partial charge in [-0.3, -0.25) is 4.79 Å². The Morgan fingerprint density at radius 3 is 2.48 bits per heavy atom. The number of rotatable bonds is 7. The molecular formula is C21H19NO5. The van der Waals surface area contributed by atoms with Crippen LogP contribution in [0.1, 0.15) is 23.0 Å². The van der Waals surface area contributed by atoms with Crippen molar-refractivity contribution in [2.24, 2.45) is 0 Å². The van der Waals surface area contributed by atoms with Crippen LogP contribution >= 0.6 is 0 Å². The van der Waals surface area contributed by atoms with Gasteiger partial charge >= 0.3 is 5.97 Å². The molecule has 1 heterocycles. The molecule has 1 atom stereocenters. The van der Waals surface area contributed by atoms with E-state index in [1.807, 2.05) is 18.2 Å². The Morgan fingerprint density at radius 1 is 1.00 bits per heavy atom. The van der Waals surface area contributed by atoms with E-state index in [-0.39, 0.29) is 12.1 Å². The molecule has 138 valence electrons. The van der Waals surface area contributed by atoms with Crippen LogP contribution in [0.25, 0.3) is 0 Å². The molecule has 3 aromatic rings. The third-order valence-electron chi connectivity index (χ3n) is 3.75. The molecule has 0 saturated carbocycles. The number of ether oxygens (including phenoxy) is 2. The molecule has 0 aliphatic heterocycles. The summed E-state index contributed by atoms with van der Waals surface area (Å²) in [6.45, 7) is 1.73. The first kappa shape index (κ1) is 18.3. The molecule has 27 heavy (non-hydrogen) atoms. The third-order valence-corrected chi connectivity index (χ3v) is 3.75. The van der Waals surface area contributed by atoms with Crippen molar-refractivity contribution in [2.75, 3.05) is 0 Å². The summed E-state index contributed by atoms with van der Waals surface area (Å²) < 4.78 is 16.2. The second-order valence-corrected chi connectivity index (χ2v) is 5.76. The van der Waals surface area contributed by atoms with E-state index in [4.69, 9.17) is 13.9 Å². The summed E-state index contributed by atoms with van der Waals surface area (Å²) in [5, 5.41) is 2.65. The molecule has 0 aliphatic carbocycles. The maximum absolute atomic E-state index is 12.5. The van der Waals surface area contributed by atoms with E-state index in [2.05, 4.69) is 5.32 Å². The van der Waals surface area contributed by atoms with Crippen molar-refractivity contribution < 1.29 is 23.5 Å². The summed E-state index contributed by atoms with van der Waals surface area (Å²) in [6.07, 6.45) is 0.562. The Hall–Kier alpha value is -3.54. The topological polar surface area (TPSA) is 77.8 Å². The number of hydrogen-bond acceptors (Lipinski definition) is 5. The van der Waals surface area contributed by atoms with Crippen molar-refractivity contribution in [3.8, 4) is 11.5 Å². The summed E-state index contributed by atoms with van der Waals surface area (Å²) in [5.41, 5.74) is 0.243. The van der Waals surface area contributed by atoms with Crippen molar-refractivity contribution in [3.05, 3.63) is 84.3 Å². The second kappa shape index (κ2) is 8.71. The number of furan rings is 1. The number of esters is 1. The van der Waals surface area contributed by atoms with Crippen molar-refractivity contribution in [1.29, 1.82) is 0 Å². The third kappa shape index (κ3) is 4.98. The van der Waals surface area contributed by atoms with Crippen LogP contribution in [0.2, 0.25) is 0 Å². The maximum atomic E-state index is 12.5. The highest BCUT2D eigenvalue weighted by molar-refractivity contribution is 5.94. The smallest absolute Gasteiger partial charge is 0.342 e. The van der Waals surface area contributed by atoms with Gasteiger partial charge in [0.1, 0.15) is 22.8 Å². The molecule has 1 aromatic heterocycles. The molecule has 0 bridgehead atoms. The van der Waals surface area contributed by atoms with Crippen LogP contribution < -0.4 is 10.1 Å². The number of benzene rings is 2. The van der Waals surface area contributed by atoms with Crippen LogP contribution in [0.3, 0.4) is 0 Å². The molecule has 1 amide bonds. The first-order chi connectivity index (χ1) is 13.1. The normalized spacial score (nSPS) is 11.4. The number of nitrogens with one attached hydrogen (secondary N) is 1. The average Bonchev–Trinajstić information content (AvgIpc) is 3.21. The Bertz CT molecular complexity index is 890. The lowest BCUT2D eigenvalue weighted by Gasteiger charge is -2.15. The zero-order valence-corrected chi connectivity index (χ0v) is 14.8. The summed E-state index contributed by atoms with van der Waals surface area (Å²) in [5.74, 6) is 0.519. The fraction of sp³-hybridized carbons (Fsp3) is 0.143. The molecule has 3 rings (SSSR count). The van der Waals surface area contributed by atoms with Crippen molar-refractivity contribution in [3.63, 3.8) is 0 Å². The average molecular weight is 365 g/mol. The molecule has 2 aromatic carbocycles. The largest absolute Gasteiger partial charge is 0.467 e. The van der Waals surface area contributed by atoms with Crippen LogP contribution in [-0.4, -0.2) is 18.0 Å². The quantitative estimate of drug-likeness (QED) is 0.642. The van der Waals surface area contributed by atoms with E-state index in [1.165, 1.54) is 13.2 Å². The highest BCUT2D eigenvalue weighted by atomic mass is 16.5. The predicted molar refractivity (Wildman–Crippen MR) is 98.4 cm³/mol. The summed E-state index contributed by atoms with van der Waals surface area (Å²) >= 11 is 0. The van der Waals surface area contributed by atoms with Crippen molar-refractivity contribution in [1.82, 2.24) is 5.32 Å². The molecule has 0 spiro atoms. The molecule has 1 unspecified atom stereocenters. The Balaban J connectivity index is 1.62. The zero-order valence-electron chi connectivity index (χ0n) is 14.8. The summed E-state index contributed by atoms with van der Waals surface area (Å²) in [6, 6.07) is 19.3. The number of hydrogen-bond donors (Lipinski definition) is 1. The fourth-order valence-electron chi connectivity index (χ4n) is 2.35. The Morgan fingerprint density at radius 2 is 1.74 bits per heavy atom. The highest BCUT2D eigenvalue weighted by Crippen LogP contribution is 2.25. The van der Waals surface area contributed by atoms with Crippen LogP contribution in [0, 0.1) is 0 Å². The summed E-state index contributed by atoms with van der Waals surface area (Å²) in [7, 11) is 0. The van der Waals surface area contributed by atoms with Gasteiger partial charge in [-0.15, -0.1) is 0 Å². The molecule has 6 heteroatoms. The molecule has 0 aliphatic rings. The van der Waals surface area contributed by atoms with E-state index < -0.39 is 18.0 Å². The molecule has 1 N–H and O–H groups in total. The van der Waals surface area contributed by atoms with E-state index in [9.17, 15) is 9.59 Å². The van der Waals surface area contributed by atoms with E-state index >= 15 is 0 Å². The number of carbonyl (C=O) groups is 2. The van der Waals surface area contributed by atoms with Crippen molar-refractivity contribution in [2.45, 2.75) is 19.6 Å². The SMILES string of the molecule is CC(OC(=O)c1ccccc1Oc1ccccc1)C(=O)NCc1ccco1. The van der Waals surface area contributed by atoms with Gasteiger partial charge in [0.05, 0.1) is 12.8 Å². The Kier molecular flexibility index (Phi) is 5.89. The maximum Gasteiger partial charge on any atom is 0.342 e. The van der Waals surface area contributed by atoms with Crippen LogP contribution in [-0.2, 0) is 16.1 Å². The van der Waals surface area contributed by atoms with Gasteiger partial charge < -0.3 is 19.2 Å². The van der Waals surface area contributed by atoms with Gasteiger partial charge in [0.25, 0.3) is 5.91 Å². The van der Waals surface area contributed by atoms with Gasteiger partial charge in [0, 0.05) is 0 Å². The second-order valence-electron chi connectivity index (χ2n) is 5.76. The van der Waals surface area contributed by atoms with Gasteiger partial charge in [-0.2, -0.15) is 0 Å². The first-order valence-electron chi connectivity index (χ1n) is 8.46. The lowest BCUT2D eigenvalue weighted by atomic mass is 10.2. The minimum Gasteiger partial charge on any atom is -0.467 e. The van der Waals surface area contributed by atoms with Crippen LogP contribution in [0.5, 0.6) is 11.5 Å². The van der Waals surface area contributed by atoms with Crippen molar-refractivity contribution >= 4 is 11.9 Å². The summed E-state index contributed by atoms with van der Waals surface area (Å²) in [4.78, 5) is 24.6. The monoisotopic (exact) mass is 365 g/mol. The predicted octanol–water partition coefficient (Wildman–Crippen LogP) is 3.93. The van der Waals surface area contributed by atoms with Gasteiger partial charge in [-0.05, 0) is 43.3 Å². The molecule has 0 fully saturated rings. The van der Waals surface area contributed by atoms with Crippen LogP contribution in [0.15, 0.2) is 77.4 Å². The molecule has 0 saturated heterocycles. The van der Waals surface area contributed by atoms with Gasteiger partial charge in [-0.25, -0.2) is 4.79 Å². The van der Waals surface area contributed by atoms with Gasteiger partial charge in [-0.1, -0.05) is 30.3 Å². The lowest BCUT2D eigenvalue weighted by molar-refractivity contribution is -0.129. The van der Waals surface area contributed by atoms with E-state index in [0.717, 1.165) is 0 Å². The molecule has 0 radical (unpaired) electrons. The van der Waals surface area contributed by atoms with Crippen LogP contribution in [0.4, 0.5) is 0 Å². The minimum absolute atomic E-state index is 0.224. The van der Waals surface area contributed by atoms with E-state index in [0.29, 0.717) is 17.3 Å². The Labute approximate surface area is 156 Å². The van der Waals surface area contributed by atoms with E-state index in [1.54, 1.807) is 48.5 Å². The number of amides is 1. The first-order valence-corrected chi connectivity index (χ1v) is 8.46. The number of carbonyl (C=O) groups excluding carboxylic acids is 2. The highest BCUT2D eigenvalue weighted by Gasteiger charge is 2.21. The fourth-order valence-corrected chi connectivity index (χ4v) is 2.35. The standard InChI is InChI=1S/C21H19NO5/c1-15(20(23)22-14-17-10-7-13-25-17)26-21(24)18-11-5-6-12-19(18)27-16-8-3-2-4-9-16/h2-13,15H,14H2,1H3,(H,22,23). The lowest BCUT2D eigenvalue weighted by Crippen LogP contribution is -2.35. The molecule has 6 nitrogen and oxygen atoms in total. The zero-order chi connectivity index (χ0) is 19.1.